The van der Waals surface area contributed by atoms with E-state index in [1.54, 1.807) is 0 Å². The molecule has 0 saturated carbocycles. The Morgan fingerprint density at radius 3 is 2.87 bits per heavy atom. The van der Waals surface area contributed by atoms with Crippen LogP contribution in [0.1, 0.15) is 60.6 Å². The summed E-state index contributed by atoms with van der Waals surface area (Å²) >= 11 is 0. The molecule has 126 valence electrons. The number of hydrogen-bond donors (Lipinski definition) is 3. The second-order valence-electron chi connectivity index (χ2n) is 3.39. The molecule has 23 heavy (non-hydrogen) atoms. The molecule has 0 aliphatic rings. The molecule has 1 aromatic rings. The Balaban J connectivity index is 3.56. The lowest BCUT2D eigenvalue weighted by molar-refractivity contribution is -0.134. The van der Waals surface area contributed by atoms with Gasteiger partial charge in [-0.25, -0.2) is 4.79 Å². The fraction of sp³-hybridized carbons (Fsp3) is 0.438. The highest BCUT2D eigenvalue weighted by Crippen LogP contribution is 2.14. The van der Waals surface area contributed by atoms with Crippen molar-refractivity contribution >= 4 is 17.9 Å². The summed E-state index contributed by atoms with van der Waals surface area (Å²) in [5.41, 5.74) is -1.35. The quantitative estimate of drug-likeness (QED) is 0.274. The summed E-state index contributed by atoms with van der Waals surface area (Å²) in [6.07, 6.45) is -16.6. The summed E-state index contributed by atoms with van der Waals surface area (Å²) in [4.78, 5) is 24.8. The van der Waals surface area contributed by atoms with Gasteiger partial charge in [-0.1, -0.05) is 6.37 Å². The molecule has 0 saturated heterocycles. The smallest absolute Gasteiger partial charge is 0.338 e. The number of esters is 2. The Hall–Kier alpha value is -2.57. The van der Waals surface area contributed by atoms with E-state index in [9.17, 15) is 9.59 Å². The third-order valence-electron chi connectivity index (χ3n) is 1.82. The number of nitrogens with one attached hydrogen (secondary N) is 2. The van der Waals surface area contributed by atoms with Gasteiger partial charge < -0.3 is 20.5 Å². The largest absolute Gasteiger partial charge is 0.462 e. The monoisotopic (exact) mass is 338 g/mol. The molecular weight excluding hydrogens is 298 g/mol. The van der Waals surface area contributed by atoms with Crippen LogP contribution in [0.3, 0.4) is 0 Å². The van der Waals surface area contributed by atoms with Gasteiger partial charge in [0.25, 0.3) is 0 Å². The predicted molar refractivity (Wildman–Crippen MR) is 86.4 cm³/mol. The van der Waals surface area contributed by atoms with Gasteiger partial charge in [0, 0.05) is 25.2 Å². The summed E-state index contributed by atoms with van der Waals surface area (Å²) in [6, 6.07) is -4.48. The van der Waals surface area contributed by atoms with E-state index in [2.05, 4.69) is 14.9 Å². The van der Waals surface area contributed by atoms with Crippen molar-refractivity contribution in [3.05, 3.63) is 29.7 Å². The van der Waals surface area contributed by atoms with Crippen LogP contribution in [-0.2, 0) is 9.53 Å². The van der Waals surface area contributed by atoms with Gasteiger partial charge in [0.2, 0.25) is 0 Å². The van der Waals surface area contributed by atoms with Crippen molar-refractivity contribution in [3.63, 3.8) is 0 Å². The lowest BCUT2D eigenvalue weighted by atomic mass is 10.2. The molecule has 1 unspecified atom stereocenters. The molecule has 0 aliphatic carbocycles. The molecule has 7 nitrogen and oxygen atoms in total. The molecule has 0 fully saturated rings. The lowest BCUT2D eigenvalue weighted by Gasteiger charge is -2.06. The maximum atomic E-state index is 12.7. The molecule has 0 aromatic heterocycles. The molecular formula is C16H23N3O4. The minimum absolute atomic E-state index is 0.196. The SMILES string of the molecule is [2H]N=C(N([2H])[2H])N([2H])C([2H])C([2H])([2H])C([2H])([2H])C([2H])([2H])C([2H])([2H])C(=O)Oc1c([2H])c([2H])c(C(=O)OCC)c([2H])c1[2H]. The van der Waals surface area contributed by atoms with Gasteiger partial charge in [-0.3, -0.25) is 10.2 Å². The van der Waals surface area contributed by atoms with E-state index in [0.29, 0.717) is 0 Å². The van der Waals surface area contributed by atoms with Crippen LogP contribution in [0.4, 0.5) is 0 Å². The van der Waals surface area contributed by atoms with Crippen molar-refractivity contribution < 1.29 is 42.5 Å². The molecule has 0 amide bonds. The summed E-state index contributed by atoms with van der Waals surface area (Å²) in [5, 5.41) is 2.13. The third-order valence-corrected chi connectivity index (χ3v) is 1.82. The van der Waals surface area contributed by atoms with Crippen LogP contribution in [0.5, 0.6) is 5.75 Å². The van der Waals surface area contributed by atoms with Crippen molar-refractivity contribution in [1.82, 2.24) is 5.31 Å². The zero-order chi connectivity index (χ0) is 31.8. The molecule has 0 radical (unpaired) electrons. The molecule has 0 heterocycles. The van der Waals surface area contributed by atoms with E-state index in [-0.39, 0.29) is 6.61 Å². The minimum Gasteiger partial charge on any atom is -0.462 e. The average molecular weight is 338 g/mol. The zero-order valence-electron chi connectivity index (χ0n) is 28.8. The third kappa shape index (κ3) is 7.85. The molecule has 0 bridgehead atoms. The van der Waals surface area contributed by atoms with E-state index < -0.39 is 96.4 Å². The van der Waals surface area contributed by atoms with E-state index in [1.165, 1.54) is 6.92 Å². The van der Waals surface area contributed by atoms with Crippen LogP contribution < -0.4 is 15.8 Å². The number of nitrogens with two attached hydrogens (primary N) is 1. The standard InChI is InChI=1S/C16H23N3O4/c1-2-22-15(21)12-7-9-13(10-8-12)23-14(20)6-4-3-5-11-19-16(17)18/h7-10H,2-6,11H2,1H3,(H4,17,18,19)/i3D2,4D2,5D2,6D2,7D,8D,9D,10D,11D/hD4. The van der Waals surface area contributed by atoms with Crippen LogP contribution in [0.15, 0.2) is 24.2 Å². The van der Waals surface area contributed by atoms with Gasteiger partial charge >= 0.3 is 11.9 Å². The molecule has 0 spiro atoms. The van der Waals surface area contributed by atoms with Gasteiger partial charge in [0.05, 0.1) is 17.7 Å². The number of carbonyl (C=O) groups is 2. The highest BCUT2D eigenvalue weighted by atomic mass is 16.5. The number of ether oxygens (including phenoxy) is 2. The van der Waals surface area contributed by atoms with Gasteiger partial charge in [0.1, 0.15) is 5.75 Å². The van der Waals surface area contributed by atoms with Crippen LogP contribution >= 0.6 is 0 Å². The number of benzene rings is 1. The molecule has 1 atom stereocenters. The summed E-state index contributed by atoms with van der Waals surface area (Å²) in [6.45, 7) is -1.69. The van der Waals surface area contributed by atoms with Crippen molar-refractivity contribution in [2.24, 2.45) is 5.72 Å². The first-order chi connectivity index (χ1) is 18.0. The fourth-order valence-electron chi connectivity index (χ4n) is 1.02. The Morgan fingerprint density at radius 2 is 2.22 bits per heavy atom. The van der Waals surface area contributed by atoms with Gasteiger partial charge in [-0.2, -0.15) is 0 Å². The Labute approximate surface area is 159 Å². The van der Waals surface area contributed by atoms with Gasteiger partial charge in [-0.15, -0.1) is 0 Å². The second-order valence-corrected chi connectivity index (χ2v) is 3.39. The van der Waals surface area contributed by atoms with Crippen LogP contribution in [-0.4, -0.2) is 31.0 Å². The van der Waals surface area contributed by atoms with Crippen LogP contribution in [0, 0.1) is 5.40 Å². The number of hydrogen-bond acceptors (Lipinski definition) is 5. The summed E-state index contributed by atoms with van der Waals surface area (Å²) in [5.74, 6) is -6.19. The van der Waals surface area contributed by atoms with Gasteiger partial charge in [0.15, 0.2) is 11.6 Å². The minimum atomic E-state index is -4.26. The van der Waals surface area contributed by atoms with Crippen molar-refractivity contribution in [1.29, 1.82) is 5.40 Å². The Bertz CT molecular complexity index is 1150. The average Bonchev–Trinajstić information content (AvgIpc) is 2.84. The molecule has 4 N–H and O–H groups in total. The first-order valence-corrected chi connectivity index (χ1v) is 5.98. The molecule has 1 rings (SSSR count). The zero-order valence-corrected chi connectivity index (χ0v) is 11.8. The van der Waals surface area contributed by atoms with Crippen LogP contribution in [0.2, 0.25) is 5.65 Å². The van der Waals surface area contributed by atoms with E-state index in [0.717, 1.165) is 0 Å². The summed E-state index contributed by atoms with van der Waals surface area (Å²) < 4.78 is 141. The topological polar surface area (TPSA) is 115 Å². The number of carbonyl (C=O) groups excluding carboxylic acids is 2. The Kier molecular flexibility index (Phi) is 2.44. The Morgan fingerprint density at radius 1 is 1.43 bits per heavy atom. The summed E-state index contributed by atoms with van der Waals surface area (Å²) in [7, 11) is 0. The first kappa shape index (κ1) is 5.51. The molecule has 7 heteroatoms. The predicted octanol–water partition coefficient (Wildman–Crippen LogP) is 1.81. The molecule has 0 aliphatic heterocycles. The second kappa shape index (κ2) is 10.2. The van der Waals surface area contributed by atoms with Crippen molar-refractivity contribution in [2.45, 2.75) is 32.4 Å². The van der Waals surface area contributed by atoms with E-state index in [1.807, 2.05) is 0 Å². The molecule has 1 aromatic carbocycles. The number of rotatable bonds is 9. The number of guanidine groups is 1. The van der Waals surface area contributed by atoms with Gasteiger partial charge in [-0.05, 0) is 43.8 Å². The van der Waals surface area contributed by atoms with Crippen LogP contribution in [0.25, 0.3) is 0 Å². The fourth-order valence-corrected chi connectivity index (χ4v) is 1.02. The normalized spacial score (nSPS) is 25.3. The first-order valence-electron chi connectivity index (χ1n) is 14.4. The maximum absolute atomic E-state index is 12.7. The maximum Gasteiger partial charge on any atom is 0.338 e. The highest BCUT2D eigenvalue weighted by Gasteiger charge is 2.08. The van der Waals surface area contributed by atoms with Crippen molar-refractivity contribution in [2.75, 3.05) is 13.1 Å². The lowest BCUT2D eigenvalue weighted by Crippen LogP contribution is -2.30. The van der Waals surface area contributed by atoms with E-state index in [4.69, 9.17) is 23.5 Å². The highest BCUT2D eigenvalue weighted by molar-refractivity contribution is 5.89. The van der Waals surface area contributed by atoms with Crippen molar-refractivity contribution in [3.8, 4) is 5.75 Å². The van der Waals surface area contributed by atoms with E-state index >= 15 is 0 Å².